The highest BCUT2D eigenvalue weighted by Gasteiger charge is 2.10. The number of hydrogen-bond donors (Lipinski definition) is 2. The molecule has 0 atom stereocenters. The molecule has 2 rings (SSSR count). The summed E-state index contributed by atoms with van der Waals surface area (Å²) >= 11 is 5.89. The Kier molecular flexibility index (Phi) is 3.79. The van der Waals surface area contributed by atoms with Crippen LogP contribution in [0, 0.1) is 0 Å². The van der Waals surface area contributed by atoms with Crippen LogP contribution in [0.4, 0.5) is 0 Å². The molecule has 0 aliphatic carbocycles. The second-order valence-corrected chi connectivity index (χ2v) is 4.12. The average Bonchev–Trinajstić information content (AvgIpc) is 2.40. The van der Waals surface area contributed by atoms with Crippen molar-refractivity contribution in [2.75, 3.05) is 0 Å². The highest BCUT2D eigenvalue weighted by molar-refractivity contribution is 6.33. The van der Waals surface area contributed by atoms with E-state index >= 15 is 0 Å². The van der Waals surface area contributed by atoms with E-state index in [4.69, 9.17) is 11.6 Å². The Morgan fingerprint density at radius 3 is 2.94 bits per heavy atom. The average molecular weight is 263 g/mol. The lowest BCUT2D eigenvalue weighted by Crippen LogP contribution is -2.23. The van der Waals surface area contributed by atoms with E-state index in [1.54, 1.807) is 18.5 Å². The maximum Gasteiger partial charge on any atom is 0.253 e. The number of amides is 1. The molecule has 0 unspecified atom stereocenters. The van der Waals surface area contributed by atoms with Crippen LogP contribution in [0.25, 0.3) is 0 Å². The number of carbonyl (C=O) groups excluding carboxylic acids is 1. The quantitative estimate of drug-likeness (QED) is 0.893. The van der Waals surface area contributed by atoms with E-state index < -0.39 is 0 Å². The van der Waals surface area contributed by atoms with Gasteiger partial charge in [-0.1, -0.05) is 17.7 Å². The zero-order valence-corrected chi connectivity index (χ0v) is 10.2. The van der Waals surface area contributed by atoms with Crippen LogP contribution in [0.3, 0.4) is 0 Å². The van der Waals surface area contributed by atoms with E-state index in [9.17, 15) is 9.90 Å². The molecule has 0 aliphatic rings. The second-order valence-electron chi connectivity index (χ2n) is 3.71. The number of aromatic nitrogens is 1. The van der Waals surface area contributed by atoms with Gasteiger partial charge in [0.25, 0.3) is 5.91 Å². The van der Waals surface area contributed by atoms with Crippen molar-refractivity contribution < 1.29 is 9.90 Å². The van der Waals surface area contributed by atoms with Crippen LogP contribution in [0.2, 0.25) is 5.02 Å². The molecule has 92 valence electrons. The van der Waals surface area contributed by atoms with Gasteiger partial charge in [0.1, 0.15) is 5.75 Å². The second kappa shape index (κ2) is 5.51. The lowest BCUT2D eigenvalue weighted by Gasteiger charge is -2.07. The lowest BCUT2D eigenvalue weighted by atomic mass is 10.2. The summed E-state index contributed by atoms with van der Waals surface area (Å²) in [5.74, 6) is -0.328. The third kappa shape index (κ3) is 2.99. The molecule has 0 radical (unpaired) electrons. The minimum atomic E-state index is -0.334. The van der Waals surface area contributed by atoms with Crippen molar-refractivity contribution in [1.82, 2.24) is 10.3 Å². The van der Waals surface area contributed by atoms with Crippen molar-refractivity contribution in [3.8, 4) is 5.75 Å². The Balaban J connectivity index is 2.06. The van der Waals surface area contributed by atoms with E-state index in [-0.39, 0.29) is 17.2 Å². The SMILES string of the molecule is O=C(NCc1cccnc1)c1cc(O)ccc1Cl. The van der Waals surface area contributed by atoms with Crippen molar-refractivity contribution in [3.63, 3.8) is 0 Å². The lowest BCUT2D eigenvalue weighted by molar-refractivity contribution is 0.0950. The van der Waals surface area contributed by atoms with E-state index in [0.29, 0.717) is 11.6 Å². The van der Waals surface area contributed by atoms with Crippen molar-refractivity contribution in [2.24, 2.45) is 0 Å². The number of aromatic hydroxyl groups is 1. The van der Waals surface area contributed by atoms with Gasteiger partial charge in [-0.05, 0) is 29.8 Å². The first-order chi connectivity index (χ1) is 8.66. The van der Waals surface area contributed by atoms with Gasteiger partial charge < -0.3 is 10.4 Å². The Bertz CT molecular complexity index is 558. The highest BCUT2D eigenvalue weighted by Crippen LogP contribution is 2.20. The summed E-state index contributed by atoms with van der Waals surface area (Å²) in [4.78, 5) is 15.8. The van der Waals surface area contributed by atoms with Crippen LogP contribution in [0.15, 0.2) is 42.7 Å². The number of phenolic OH excluding ortho intramolecular Hbond substituents is 1. The minimum Gasteiger partial charge on any atom is -0.508 e. The number of halogens is 1. The third-order valence-electron chi connectivity index (χ3n) is 2.37. The Hall–Kier alpha value is -2.07. The highest BCUT2D eigenvalue weighted by atomic mass is 35.5. The molecule has 1 heterocycles. The normalized spacial score (nSPS) is 10.1. The fraction of sp³-hybridized carbons (Fsp3) is 0.0769. The van der Waals surface area contributed by atoms with Crippen LogP contribution in [0.1, 0.15) is 15.9 Å². The number of rotatable bonds is 3. The molecule has 1 amide bonds. The molecular formula is C13H11ClN2O2. The van der Waals surface area contributed by atoms with Gasteiger partial charge in [0.2, 0.25) is 0 Å². The van der Waals surface area contributed by atoms with Gasteiger partial charge in [-0.25, -0.2) is 0 Å². The maximum atomic E-state index is 11.9. The fourth-order valence-electron chi connectivity index (χ4n) is 1.47. The topological polar surface area (TPSA) is 62.2 Å². The molecule has 2 N–H and O–H groups in total. The molecule has 5 heteroatoms. The molecule has 0 saturated carbocycles. The number of carbonyl (C=O) groups is 1. The fourth-order valence-corrected chi connectivity index (χ4v) is 1.67. The number of phenols is 1. The number of hydrogen-bond acceptors (Lipinski definition) is 3. The largest absolute Gasteiger partial charge is 0.508 e. The first-order valence-electron chi connectivity index (χ1n) is 5.32. The zero-order valence-electron chi connectivity index (χ0n) is 9.43. The predicted molar refractivity (Wildman–Crippen MR) is 68.5 cm³/mol. The Morgan fingerprint density at radius 1 is 1.39 bits per heavy atom. The molecule has 1 aromatic carbocycles. The first-order valence-corrected chi connectivity index (χ1v) is 5.70. The van der Waals surface area contributed by atoms with Crippen LogP contribution in [-0.2, 0) is 6.54 Å². The maximum absolute atomic E-state index is 11.9. The standard InChI is InChI=1S/C13H11ClN2O2/c14-12-4-3-10(17)6-11(12)13(18)16-8-9-2-1-5-15-7-9/h1-7,17H,8H2,(H,16,18). The van der Waals surface area contributed by atoms with Gasteiger partial charge in [0.05, 0.1) is 10.6 Å². The Labute approximate surface area is 109 Å². The summed E-state index contributed by atoms with van der Waals surface area (Å²) in [6.45, 7) is 0.360. The first kappa shape index (κ1) is 12.4. The van der Waals surface area contributed by atoms with Crippen molar-refractivity contribution in [1.29, 1.82) is 0 Å². The van der Waals surface area contributed by atoms with Crippen LogP contribution >= 0.6 is 11.6 Å². The predicted octanol–water partition coefficient (Wildman–Crippen LogP) is 2.37. The van der Waals surface area contributed by atoms with E-state index in [1.807, 2.05) is 6.07 Å². The summed E-state index contributed by atoms with van der Waals surface area (Å²) in [6.07, 6.45) is 3.34. The van der Waals surface area contributed by atoms with Crippen molar-refractivity contribution >= 4 is 17.5 Å². The summed E-state index contributed by atoms with van der Waals surface area (Å²) in [5.41, 5.74) is 1.14. The molecule has 18 heavy (non-hydrogen) atoms. The molecule has 2 aromatic rings. The molecule has 4 nitrogen and oxygen atoms in total. The minimum absolute atomic E-state index is 0.00549. The van der Waals surface area contributed by atoms with Gasteiger partial charge >= 0.3 is 0 Å². The zero-order chi connectivity index (χ0) is 13.0. The molecular weight excluding hydrogens is 252 g/mol. The third-order valence-corrected chi connectivity index (χ3v) is 2.70. The van der Waals surface area contributed by atoms with Gasteiger partial charge in [0, 0.05) is 18.9 Å². The summed E-state index contributed by atoms with van der Waals surface area (Å²) < 4.78 is 0. The van der Waals surface area contributed by atoms with Crippen LogP contribution in [0.5, 0.6) is 5.75 Å². The van der Waals surface area contributed by atoms with E-state index in [0.717, 1.165) is 5.56 Å². The molecule has 1 aromatic heterocycles. The van der Waals surface area contributed by atoms with Crippen molar-refractivity contribution in [2.45, 2.75) is 6.54 Å². The molecule has 0 bridgehead atoms. The smallest absolute Gasteiger partial charge is 0.253 e. The van der Waals surface area contributed by atoms with Gasteiger partial charge in [-0.15, -0.1) is 0 Å². The van der Waals surface area contributed by atoms with Gasteiger partial charge in [0.15, 0.2) is 0 Å². The number of benzene rings is 1. The molecule has 0 fully saturated rings. The molecule has 0 spiro atoms. The monoisotopic (exact) mass is 262 g/mol. The van der Waals surface area contributed by atoms with Gasteiger partial charge in [-0.2, -0.15) is 0 Å². The number of nitrogens with zero attached hydrogens (tertiary/aromatic N) is 1. The number of pyridine rings is 1. The molecule has 0 aliphatic heterocycles. The summed E-state index contributed by atoms with van der Waals surface area (Å²) in [6, 6.07) is 7.90. The van der Waals surface area contributed by atoms with Gasteiger partial charge in [-0.3, -0.25) is 9.78 Å². The number of nitrogens with one attached hydrogen (secondary N) is 1. The van der Waals surface area contributed by atoms with E-state index in [1.165, 1.54) is 18.2 Å². The van der Waals surface area contributed by atoms with Crippen LogP contribution < -0.4 is 5.32 Å². The van der Waals surface area contributed by atoms with Crippen LogP contribution in [-0.4, -0.2) is 16.0 Å². The summed E-state index contributed by atoms with van der Waals surface area (Å²) in [5, 5.41) is 12.3. The summed E-state index contributed by atoms with van der Waals surface area (Å²) in [7, 11) is 0. The van der Waals surface area contributed by atoms with E-state index in [2.05, 4.69) is 10.3 Å². The van der Waals surface area contributed by atoms with Crippen molar-refractivity contribution in [3.05, 3.63) is 58.9 Å². The Morgan fingerprint density at radius 2 is 2.22 bits per heavy atom. The molecule has 0 saturated heterocycles.